The van der Waals surface area contributed by atoms with Gasteiger partial charge in [-0.1, -0.05) is 6.92 Å². The molecule has 7 nitrogen and oxygen atoms in total. The molecule has 0 aromatic heterocycles. The number of sulfonamides is 1. The molecular formula is C13H19N3O4S. The minimum atomic E-state index is -3.79. The highest BCUT2D eigenvalue weighted by molar-refractivity contribution is 7.89. The maximum absolute atomic E-state index is 12.6. The monoisotopic (exact) mass is 313 g/mol. The average Bonchev–Trinajstić information content (AvgIpc) is 2.47. The summed E-state index contributed by atoms with van der Waals surface area (Å²) in [7, 11) is -0.986. The molecule has 1 aromatic carbocycles. The predicted molar refractivity (Wildman–Crippen MR) is 78.6 cm³/mol. The van der Waals surface area contributed by atoms with Crippen molar-refractivity contribution >= 4 is 15.7 Å². The van der Waals surface area contributed by atoms with Crippen LogP contribution in [0.5, 0.6) is 11.5 Å². The van der Waals surface area contributed by atoms with E-state index < -0.39 is 10.0 Å². The number of benzene rings is 1. The normalized spacial score (nSPS) is 11.2. The summed E-state index contributed by atoms with van der Waals surface area (Å²) in [5.74, 6) is 0.488. The Hall–Kier alpha value is -1.98. The van der Waals surface area contributed by atoms with Gasteiger partial charge in [0, 0.05) is 25.6 Å². The highest BCUT2D eigenvalue weighted by Gasteiger charge is 2.27. The predicted octanol–water partition coefficient (Wildman–Crippen LogP) is 1.21. The van der Waals surface area contributed by atoms with Crippen molar-refractivity contribution in [1.29, 1.82) is 5.26 Å². The minimum Gasteiger partial charge on any atom is -0.495 e. The summed E-state index contributed by atoms with van der Waals surface area (Å²) >= 11 is 0. The summed E-state index contributed by atoms with van der Waals surface area (Å²) < 4.78 is 36.7. The summed E-state index contributed by atoms with van der Waals surface area (Å²) in [5.41, 5.74) is 5.98. The third kappa shape index (κ3) is 3.56. The van der Waals surface area contributed by atoms with Gasteiger partial charge in [0.25, 0.3) is 0 Å². The molecular weight excluding hydrogens is 294 g/mol. The molecule has 116 valence electrons. The third-order valence-electron chi connectivity index (χ3n) is 2.96. The van der Waals surface area contributed by atoms with Crippen LogP contribution >= 0.6 is 0 Å². The summed E-state index contributed by atoms with van der Waals surface area (Å²) in [5, 5.41) is 8.63. The van der Waals surface area contributed by atoms with E-state index in [0.717, 1.165) is 0 Å². The lowest BCUT2D eigenvalue weighted by Crippen LogP contribution is -2.32. The number of ether oxygens (including phenoxy) is 2. The number of nitriles is 1. The standard InChI is InChI=1S/C13H19N3O4S/c1-4-16(7-5-6-14)21(17,18)13-8-10(15)11(19-2)9-12(13)20-3/h8-9H,4-5,7,15H2,1-3H3. The van der Waals surface area contributed by atoms with Gasteiger partial charge in [-0.25, -0.2) is 8.42 Å². The Bertz CT molecular complexity index is 638. The molecule has 0 atom stereocenters. The van der Waals surface area contributed by atoms with Gasteiger partial charge in [0.2, 0.25) is 10.0 Å². The third-order valence-corrected chi connectivity index (χ3v) is 4.95. The number of hydrogen-bond donors (Lipinski definition) is 1. The maximum atomic E-state index is 12.6. The lowest BCUT2D eigenvalue weighted by Gasteiger charge is -2.21. The van der Waals surface area contributed by atoms with E-state index in [4.69, 9.17) is 20.5 Å². The van der Waals surface area contributed by atoms with Crippen molar-refractivity contribution in [3.63, 3.8) is 0 Å². The van der Waals surface area contributed by atoms with Crippen molar-refractivity contribution < 1.29 is 17.9 Å². The summed E-state index contributed by atoms with van der Waals surface area (Å²) in [6.45, 7) is 2.07. The van der Waals surface area contributed by atoms with Crippen LogP contribution in [0.4, 0.5) is 5.69 Å². The summed E-state index contributed by atoms with van der Waals surface area (Å²) in [6, 6.07) is 4.67. The Morgan fingerprint density at radius 1 is 1.29 bits per heavy atom. The first kappa shape index (κ1) is 17.1. The second kappa shape index (κ2) is 7.15. The van der Waals surface area contributed by atoms with E-state index in [9.17, 15) is 8.42 Å². The van der Waals surface area contributed by atoms with Crippen LogP contribution in [-0.2, 0) is 10.0 Å². The molecule has 0 aliphatic carbocycles. The molecule has 0 aliphatic rings. The number of nitrogens with two attached hydrogens (primary N) is 1. The lowest BCUT2D eigenvalue weighted by molar-refractivity contribution is 0.382. The molecule has 0 aliphatic heterocycles. The first-order valence-electron chi connectivity index (χ1n) is 6.30. The Balaban J connectivity index is 3.36. The van der Waals surface area contributed by atoms with E-state index in [0.29, 0.717) is 5.75 Å². The Labute approximate surface area is 124 Å². The molecule has 0 unspecified atom stereocenters. The number of hydrogen-bond acceptors (Lipinski definition) is 6. The largest absolute Gasteiger partial charge is 0.495 e. The van der Waals surface area contributed by atoms with Gasteiger partial charge in [-0.15, -0.1) is 0 Å². The molecule has 21 heavy (non-hydrogen) atoms. The Morgan fingerprint density at radius 3 is 2.38 bits per heavy atom. The second-order valence-electron chi connectivity index (χ2n) is 4.15. The van der Waals surface area contributed by atoms with Gasteiger partial charge >= 0.3 is 0 Å². The van der Waals surface area contributed by atoms with E-state index >= 15 is 0 Å². The van der Waals surface area contributed by atoms with Gasteiger partial charge in [-0.2, -0.15) is 9.57 Å². The van der Waals surface area contributed by atoms with Crippen LogP contribution in [0, 0.1) is 11.3 Å². The van der Waals surface area contributed by atoms with Gasteiger partial charge in [-0.3, -0.25) is 0 Å². The average molecular weight is 313 g/mol. The van der Waals surface area contributed by atoms with Crippen LogP contribution in [0.2, 0.25) is 0 Å². The van der Waals surface area contributed by atoms with Crippen molar-refractivity contribution in [3.8, 4) is 17.6 Å². The zero-order chi connectivity index (χ0) is 16.0. The SMILES string of the molecule is CCN(CCC#N)S(=O)(=O)c1cc(N)c(OC)cc1OC. The molecule has 0 saturated heterocycles. The molecule has 0 radical (unpaired) electrons. The Morgan fingerprint density at radius 2 is 1.90 bits per heavy atom. The molecule has 0 bridgehead atoms. The van der Waals surface area contributed by atoms with Gasteiger partial charge in [0.1, 0.15) is 16.4 Å². The highest BCUT2D eigenvalue weighted by atomic mass is 32.2. The van der Waals surface area contributed by atoms with Crippen molar-refractivity contribution in [2.75, 3.05) is 33.0 Å². The van der Waals surface area contributed by atoms with Crippen molar-refractivity contribution in [2.45, 2.75) is 18.2 Å². The van der Waals surface area contributed by atoms with E-state index in [1.165, 1.54) is 30.7 Å². The highest BCUT2D eigenvalue weighted by Crippen LogP contribution is 2.35. The molecule has 0 spiro atoms. The number of nitrogen functional groups attached to an aromatic ring is 1. The fourth-order valence-corrected chi connectivity index (χ4v) is 3.48. The minimum absolute atomic E-state index is 0.0388. The van der Waals surface area contributed by atoms with Crippen molar-refractivity contribution in [3.05, 3.63) is 12.1 Å². The molecule has 2 N–H and O–H groups in total. The number of methoxy groups -OCH3 is 2. The summed E-state index contributed by atoms with van der Waals surface area (Å²) in [4.78, 5) is -0.0388. The topological polar surface area (TPSA) is 106 Å². The van der Waals surface area contributed by atoms with E-state index in [-0.39, 0.29) is 35.8 Å². The maximum Gasteiger partial charge on any atom is 0.246 e. The molecule has 8 heteroatoms. The van der Waals surface area contributed by atoms with Crippen LogP contribution < -0.4 is 15.2 Å². The van der Waals surface area contributed by atoms with Gasteiger partial charge in [0.05, 0.1) is 26.0 Å². The van der Waals surface area contributed by atoms with E-state index in [2.05, 4.69) is 0 Å². The molecule has 0 heterocycles. The molecule has 1 aromatic rings. The van der Waals surface area contributed by atoms with Crippen LogP contribution in [0.3, 0.4) is 0 Å². The second-order valence-corrected chi connectivity index (χ2v) is 6.06. The van der Waals surface area contributed by atoms with Gasteiger partial charge in [-0.05, 0) is 6.07 Å². The first-order valence-corrected chi connectivity index (χ1v) is 7.74. The smallest absolute Gasteiger partial charge is 0.246 e. The van der Waals surface area contributed by atoms with Gasteiger partial charge in [0.15, 0.2) is 0 Å². The van der Waals surface area contributed by atoms with E-state index in [1.54, 1.807) is 6.92 Å². The molecule has 0 amide bonds. The summed E-state index contributed by atoms with van der Waals surface area (Å²) in [6.07, 6.45) is 0.112. The molecule has 0 fully saturated rings. The Kier molecular flexibility index (Phi) is 5.81. The van der Waals surface area contributed by atoms with Gasteiger partial charge < -0.3 is 15.2 Å². The number of nitrogens with zero attached hydrogens (tertiary/aromatic N) is 2. The first-order chi connectivity index (χ1) is 9.92. The van der Waals surface area contributed by atoms with Crippen molar-refractivity contribution in [2.24, 2.45) is 0 Å². The van der Waals surface area contributed by atoms with Crippen LogP contribution in [0.1, 0.15) is 13.3 Å². The number of rotatable bonds is 7. The zero-order valence-electron chi connectivity index (χ0n) is 12.3. The number of anilines is 1. The zero-order valence-corrected chi connectivity index (χ0v) is 13.1. The lowest BCUT2D eigenvalue weighted by atomic mass is 10.3. The van der Waals surface area contributed by atoms with Crippen molar-refractivity contribution in [1.82, 2.24) is 4.31 Å². The van der Waals surface area contributed by atoms with E-state index in [1.807, 2.05) is 6.07 Å². The van der Waals surface area contributed by atoms with Crippen LogP contribution in [-0.4, -0.2) is 40.0 Å². The van der Waals surface area contributed by atoms with Crippen LogP contribution in [0.25, 0.3) is 0 Å². The van der Waals surface area contributed by atoms with Crippen LogP contribution in [0.15, 0.2) is 17.0 Å². The molecule has 1 rings (SSSR count). The quantitative estimate of drug-likeness (QED) is 0.758. The molecule has 0 saturated carbocycles. The fourth-order valence-electron chi connectivity index (χ4n) is 1.86. The fraction of sp³-hybridized carbons (Fsp3) is 0.462.